The fraction of sp³-hybridized carbons (Fsp3) is 0.538. The molecule has 0 aliphatic heterocycles. The van der Waals surface area contributed by atoms with Crippen LogP contribution in [0.4, 0.5) is 5.69 Å². The van der Waals surface area contributed by atoms with Crippen LogP contribution in [0.1, 0.15) is 20.3 Å². The molecule has 1 aromatic rings. The van der Waals surface area contributed by atoms with E-state index in [-0.39, 0.29) is 22.9 Å². The van der Waals surface area contributed by atoms with E-state index in [1.807, 2.05) is 0 Å². The highest BCUT2D eigenvalue weighted by atomic mass is 35.5. The van der Waals surface area contributed by atoms with Crippen LogP contribution in [0.15, 0.2) is 23.1 Å². The predicted molar refractivity (Wildman–Crippen MR) is 78.2 cm³/mol. The lowest BCUT2D eigenvalue weighted by Gasteiger charge is -2.09. The summed E-state index contributed by atoms with van der Waals surface area (Å²) in [5.74, 6) is 0.454. The molecule has 0 heterocycles. The molecule has 2 N–H and O–H groups in total. The van der Waals surface area contributed by atoms with Crippen LogP contribution in [0.25, 0.3) is 0 Å². The third-order valence-electron chi connectivity index (χ3n) is 2.65. The van der Waals surface area contributed by atoms with Gasteiger partial charge in [-0.1, -0.05) is 25.4 Å². The van der Waals surface area contributed by atoms with Gasteiger partial charge in [-0.2, -0.15) is 0 Å². The van der Waals surface area contributed by atoms with E-state index in [9.17, 15) is 8.42 Å². The van der Waals surface area contributed by atoms with Crippen LogP contribution < -0.4 is 5.73 Å². The zero-order valence-corrected chi connectivity index (χ0v) is 12.8. The third kappa shape index (κ3) is 5.38. The molecule has 0 atom stereocenters. The molecular weight excluding hydrogens is 286 g/mol. The summed E-state index contributed by atoms with van der Waals surface area (Å²) in [5.41, 5.74) is 5.88. The van der Waals surface area contributed by atoms with Crippen LogP contribution in [0.2, 0.25) is 5.02 Å². The molecule has 6 heteroatoms. The van der Waals surface area contributed by atoms with Gasteiger partial charge in [0.25, 0.3) is 0 Å². The summed E-state index contributed by atoms with van der Waals surface area (Å²) in [7, 11) is -3.45. The second-order valence-corrected chi connectivity index (χ2v) is 7.31. The zero-order chi connectivity index (χ0) is 14.5. The number of nitrogens with two attached hydrogens (primary N) is 1. The highest BCUT2D eigenvalue weighted by molar-refractivity contribution is 7.91. The summed E-state index contributed by atoms with van der Waals surface area (Å²) in [6.07, 6.45) is 0.916. The summed E-state index contributed by atoms with van der Waals surface area (Å²) >= 11 is 5.79. The molecule has 19 heavy (non-hydrogen) atoms. The Morgan fingerprint density at radius 2 is 2.00 bits per heavy atom. The van der Waals surface area contributed by atoms with Gasteiger partial charge in [0.05, 0.1) is 22.9 Å². The summed E-state index contributed by atoms with van der Waals surface area (Å²) in [5, 5.41) is 0.355. The monoisotopic (exact) mass is 305 g/mol. The molecule has 0 fully saturated rings. The van der Waals surface area contributed by atoms with Crippen LogP contribution >= 0.6 is 11.6 Å². The Labute approximate surface area is 119 Å². The number of hydrogen-bond donors (Lipinski definition) is 1. The smallest absolute Gasteiger partial charge is 0.182 e. The molecule has 108 valence electrons. The Morgan fingerprint density at radius 3 is 2.63 bits per heavy atom. The number of rotatable bonds is 7. The van der Waals surface area contributed by atoms with E-state index in [2.05, 4.69) is 13.8 Å². The van der Waals surface area contributed by atoms with Gasteiger partial charge in [0, 0.05) is 11.6 Å². The van der Waals surface area contributed by atoms with Gasteiger partial charge < -0.3 is 10.5 Å². The van der Waals surface area contributed by atoms with Crippen LogP contribution in [-0.2, 0) is 14.6 Å². The number of hydrogen-bond acceptors (Lipinski definition) is 4. The Bertz CT molecular complexity index is 515. The summed E-state index contributed by atoms with van der Waals surface area (Å²) < 4.78 is 29.5. The summed E-state index contributed by atoms with van der Waals surface area (Å²) in [6.45, 7) is 4.92. The lowest BCUT2D eigenvalue weighted by molar-refractivity contribution is 0.137. The first-order chi connectivity index (χ1) is 8.83. The lowest BCUT2D eigenvalue weighted by atomic mass is 10.1. The second kappa shape index (κ2) is 7.12. The lowest BCUT2D eigenvalue weighted by Crippen LogP contribution is -2.15. The maximum absolute atomic E-state index is 12.1. The maximum Gasteiger partial charge on any atom is 0.182 e. The van der Waals surface area contributed by atoms with Crippen molar-refractivity contribution < 1.29 is 13.2 Å². The molecule has 1 aromatic carbocycles. The van der Waals surface area contributed by atoms with Crippen LogP contribution in [-0.4, -0.2) is 27.4 Å². The Balaban J connectivity index is 2.59. The summed E-state index contributed by atoms with van der Waals surface area (Å²) in [4.78, 5) is 0.0764. The van der Waals surface area contributed by atoms with Crippen molar-refractivity contribution in [3.05, 3.63) is 23.2 Å². The highest BCUT2D eigenvalue weighted by Crippen LogP contribution is 2.23. The molecule has 0 bridgehead atoms. The van der Waals surface area contributed by atoms with E-state index >= 15 is 0 Å². The van der Waals surface area contributed by atoms with E-state index in [0.29, 0.717) is 17.5 Å². The molecule has 0 radical (unpaired) electrons. The van der Waals surface area contributed by atoms with Gasteiger partial charge in [0.2, 0.25) is 0 Å². The number of sulfone groups is 1. The Morgan fingerprint density at radius 1 is 1.32 bits per heavy atom. The quantitative estimate of drug-likeness (QED) is 0.621. The fourth-order valence-corrected chi connectivity index (χ4v) is 3.00. The molecule has 4 nitrogen and oxygen atoms in total. The van der Waals surface area contributed by atoms with Gasteiger partial charge in [-0.05, 0) is 30.5 Å². The van der Waals surface area contributed by atoms with Crippen molar-refractivity contribution in [3.8, 4) is 0 Å². The number of benzene rings is 1. The van der Waals surface area contributed by atoms with Crippen molar-refractivity contribution in [3.63, 3.8) is 0 Å². The molecule has 0 spiro atoms. The van der Waals surface area contributed by atoms with E-state index in [1.54, 1.807) is 6.07 Å². The topological polar surface area (TPSA) is 69.4 Å². The molecular formula is C13H20ClNO3S. The molecule has 0 saturated carbocycles. The summed E-state index contributed by atoms with van der Waals surface area (Å²) in [6, 6.07) is 4.43. The molecule has 0 aromatic heterocycles. The molecule has 0 unspecified atom stereocenters. The van der Waals surface area contributed by atoms with Crippen molar-refractivity contribution in [2.45, 2.75) is 25.2 Å². The Kier molecular flexibility index (Phi) is 6.10. The average molecular weight is 306 g/mol. The van der Waals surface area contributed by atoms with Crippen molar-refractivity contribution in [2.75, 3.05) is 24.7 Å². The first-order valence-corrected chi connectivity index (χ1v) is 8.21. The van der Waals surface area contributed by atoms with Gasteiger partial charge in [0.1, 0.15) is 0 Å². The first-order valence-electron chi connectivity index (χ1n) is 6.18. The van der Waals surface area contributed by atoms with Crippen molar-refractivity contribution >= 4 is 27.1 Å². The number of ether oxygens (including phenoxy) is 1. The van der Waals surface area contributed by atoms with Crippen LogP contribution in [0, 0.1) is 5.92 Å². The Hall–Kier alpha value is -0.780. The van der Waals surface area contributed by atoms with E-state index in [1.165, 1.54) is 12.1 Å². The van der Waals surface area contributed by atoms with Crippen molar-refractivity contribution in [2.24, 2.45) is 5.92 Å². The number of nitrogen functional groups attached to an aromatic ring is 1. The standard InChI is InChI=1S/C13H20ClNO3S/c1-10(2)5-6-18-7-8-19(16,17)13-9-11(14)3-4-12(13)15/h3-4,9-10H,5-8,15H2,1-2H3. The third-order valence-corrected chi connectivity index (χ3v) is 4.61. The van der Waals surface area contributed by atoms with Crippen molar-refractivity contribution in [1.82, 2.24) is 0 Å². The minimum atomic E-state index is -3.45. The van der Waals surface area contributed by atoms with E-state index in [4.69, 9.17) is 22.1 Å². The molecule has 0 amide bonds. The molecule has 0 saturated heterocycles. The molecule has 0 aliphatic carbocycles. The fourth-order valence-electron chi connectivity index (χ4n) is 1.48. The maximum atomic E-state index is 12.1. The number of anilines is 1. The van der Waals surface area contributed by atoms with E-state index in [0.717, 1.165) is 6.42 Å². The van der Waals surface area contributed by atoms with E-state index < -0.39 is 9.84 Å². The van der Waals surface area contributed by atoms with Crippen LogP contribution in [0.3, 0.4) is 0 Å². The van der Waals surface area contributed by atoms with Gasteiger partial charge in [-0.3, -0.25) is 0 Å². The number of halogens is 1. The normalized spacial score (nSPS) is 12.0. The first kappa shape index (κ1) is 16.3. The predicted octanol–water partition coefficient (Wildman–Crippen LogP) is 2.76. The van der Waals surface area contributed by atoms with Gasteiger partial charge in [-0.15, -0.1) is 0 Å². The minimum Gasteiger partial charge on any atom is -0.398 e. The average Bonchev–Trinajstić information content (AvgIpc) is 2.31. The zero-order valence-electron chi connectivity index (χ0n) is 11.2. The largest absolute Gasteiger partial charge is 0.398 e. The van der Waals surface area contributed by atoms with Crippen LogP contribution in [0.5, 0.6) is 0 Å². The van der Waals surface area contributed by atoms with Crippen molar-refractivity contribution in [1.29, 1.82) is 0 Å². The molecule has 1 rings (SSSR count). The second-order valence-electron chi connectivity index (χ2n) is 4.80. The molecule has 0 aliphatic rings. The SMILES string of the molecule is CC(C)CCOCCS(=O)(=O)c1cc(Cl)ccc1N. The minimum absolute atomic E-state index is 0.0764. The van der Waals surface area contributed by atoms with Gasteiger partial charge in [0.15, 0.2) is 9.84 Å². The highest BCUT2D eigenvalue weighted by Gasteiger charge is 2.18. The van der Waals surface area contributed by atoms with Gasteiger partial charge >= 0.3 is 0 Å². The van der Waals surface area contributed by atoms with Gasteiger partial charge in [-0.25, -0.2) is 8.42 Å².